The Bertz CT molecular complexity index is 561. The Hall–Kier alpha value is -1.10. The van der Waals surface area contributed by atoms with E-state index in [0.29, 0.717) is 0 Å². The molecule has 0 unspecified atom stereocenters. The molecule has 1 aromatic heterocycles. The Labute approximate surface area is 136 Å². The van der Waals surface area contributed by atoms with Gasteiger partial charge in [0.2, 0.25) is 0 Å². The highest BCUT2D eigenvalue weighted by Gasteiger charge is 2.10. The lowest BCUT2D eigenvalue weighted by Gasteiger charge is -2.15. The van der Waals surface area contributed by atoms with Crippen molar-refractivity contribution in [3.8, 4) is 11.3 Å². The van der Waals surface area contributed by atoms with Crippen LogP contribution < -0.4 is 10.2 Å². The molecule has 0 saturated heterocycles. The van der Waals surface area contributed by atoms with Gasteiger partial charge in [-0.1, -0.05) is 23.7 Å². The molecule has 2 rings (SSSR count). The number of likely N-dealkylation sites (N-methyl/N-ethyl adjacent to an activating group) is 1. The number of rotatable bonds is 7. The van der Waals surface area contributed by atoms with Gasteiger partial charge in [0.15, 0.2) is 5.13 Å². The molecule has 0 aliphatic heterocycles. The van der Waals surface area contributed by atoms with Crippen LogP contribution in [0.15, 0.2) is 24.3 Å². The fourth-order valence-corrected chi connectivity index (χ4v) is 3.28. The van der Waals surface area contributed by atoms with Crippen molar-refractivity contribution in [2.75, 3.05) is 31.5 Å². The van der Waals surface area contributed by atoms with Crippen molar-refractivity contribution in [3.63, 3.8) is 0 Å². The first-order chi connectivity index (χ1) is 10.1. The molecular formula is C16H23ClN3S+. The Morgan fingerprint density at radius 3 is 2.48 bits per heavy atom. The topological polar surface area (TPSA) is 29.4 Å². The van der Waals surface area contributed by atoms with Crippen LogP contribution in [0.25, 0.3) is 11.3 Å². The number of nitrogens with one attached hydrogen (secondary N) is 2. The number of quaternary nitrogens is 1. The number of nitrogens with zero attached hydrogens (tertiary/aromatic N) is 1. The second-order valence-electron chi connectivity index (χ2n) is 5.06. The monoisotopic (exact) mass is 324 g/mol. The summed E-state index contributed by atoms with van der Waals surface area (Å²) in [5, 5.41) is 5.21. The molecule has 2 aromatic rings. The van der Waals surface area contributed by atoms with Crippen molar-refractivity contribution in [1.29, 1.82) is 0 Å². The van der Waals surface area contributed by atoms with E-state index in [-0.39, 0.29) is 0 Å². The standard InChI is InChI=1S/C16H22ClN3S/c1-4-20(5-2)11-10-18-16-19-15(12(3)21-16)13-6-8-14(17)9-7-13/h6-9H,4-5,10-11H2,1-3H3,(H,18,19)/p+1. The third-order valence-corrected chi connectivity index (χ3v) is 4.85. The molecule has 0 bridgehead atoms. The highest BCUT2D eigenvalue weighted by molar-refractivity contribution is 7.16. The minimum Gasteiger partial charge on any atom is -0.356 e. The largest absolute Gasteiger partial charge is 0.356 e. The molecular weight excluding hydrogens is 302 g/mol. The molecule has 5 heteroatoms. The fourth-order valence-electron chi connectivity index (χ4n) is 2.30. The van der Waals surface area contributed by atoms with Gasteiger partial charge in [0.05, 0.1) is 31.9 Å². The molecule has 3 nitrogen and oxygen atoms in total. The van der Waals surface area contributed by atoms with Gasteiger partial charge >= 0.3 is 0 Å². The zero-order valence-electron chi connectivity index (χ0n) is 12.9. The lowest BCUT2D eigenvalue weighted by atomic mass is 10.1. The zero-order valence-corrected chi connectivity index (χ0v) is 14.4. The number of thiazole rings is 1. The first-order valence-corrected chi connectivity index (χ1v) is 8.64. The Morgan fingerprint density at radius 2 is 1.86 bits per heavy atom. The smallest absolute Gasteiger partial charge is 0.183 e. The minimum atomic E-state index is 0.757. The van der Waals surface area contributed by atoms with E-state index in [4.69, 9.17) is 16.6 Å². The van der Waals surface area contributed by atoms with Gasteiger partial charge in [0.1, 0.15) is 0 Å². The van der Waals surface area contributed by atoms with Gasteiger partial charge in [0.25, 0.3) is 0 Å². The van der Waals surface area contributed by atoms with Crippen LogP contribution in [0.1, 0.15) is 18.7 Å². The predicted molar refractivity (Wildman–Crippen MR) is 92.7 cm³/mol. The normalized spacial score (nSPS) is 11.1. The van der Waals surface area contributed by atoms with E-state index < -0.39 is 0 Å². The number of hydrogen-bond donors (Lipinski definition) is 2. The van der Waals surface area contributed by atoms with E-state index in [0.717, 1.165) is 34.5 Å². The van der Waals surface area contributed by atoms with E-state index >= 15 is 0 Å². The lowest BCUT2D eigenvalue weighted by Crippen LogP contribution is -3.12. The quantitative estimate of drug-likeness (QED) is 0.819. The summed E-state index contributed by atoms with van der Waals surface area (Å²) in [7, 11) is 0. The molecule has 0 atom stereocenters. The third-order valence-electron chi connectivity index (χ3n) is 3.67. The van der Waals surface area contributed by atoms with Gasteiger partial charge in [-0.05, 0) is 32.9 Å². The number of aryl methyl sites for hydroxylation is 1. The summed E-state index contributed by atoms with van der Waals surface area (Å²) in [4.78, 5) is 7.55. The minimum absolute atomic E-state index is 0.757. The number of benzene rings is 1. The SMILES string of the molecule is CC[NH+](CC)CCNc1nc(-c2ccc(Cl)cc2)c(C)s1. The Kier molecular flexibility index (Phi) is 6.03. The summed E-state index contributed by atoms with van der Waals surface area (Å²) in [5.41, 5.74) is 2.17. The van der Waals surface area contributed by atoms with Crippen LogP contribution in [0.5, 0.6) is 0 Å². The summed E-state index contributed by atoms with van der Waals surface area (Å²) in [6.45, 7) is 11.0. The molecule has 114 valence electrons. The summed E-state index contributed by atoms with van der Waals surface area (Å²) < 4.78 is 0. The van der Waals surface area contributed by atoms with E-state index in [1.54, 1.807) is 16.2 Å². The van der Waals surface area contributed by atoms with Crippen molar-refractivity contribution in [3.05, 3.63) is 34.2 Å². The van der Waals surface area contributed by atoms with Crippen LogP contribution in [0.4, 0.5) is 5.13 Å². The maximum absolute atomic E-state index is 5.94. The molecule has 0 amide bonds. The summed E-state index contributed by atoms with van der Waals surface area (Å²) in [5.74, 6) is 0. The van der Waals surface area contributed by atoms with Crippen molar-refractivity contribution < 1.29 is 4.90 Å². The molecule has 1 heterocycles. The number of halogens is 1. The van der Waals surface area contributed by atoms with E-state index in [9.17, 15) is 0 Å². The van der Waals surface area contributed by atoms with E-state index in [1.807, 2.05) is 24.3 Å². The first-order valence-electron chi connectivity index (χ1n) is 7.44. The van der Waals surface area contributed by atoms with Crippen LogP contribution in [0, 0.1) is 6.92 Å². The average Bonchev–Trinajstić information content (AvgIpc) is 2.85. The third kappa shape index (κ3) is 4.43. The molecule has 2 N–H and O–H groups in total. The van der Waals surface area contributed by atoms with Gasteiger partial charge < -0.3 is 10.2 Å². The van der Waals surface area contributed by atoms with Crippen LogP contribution in [-0.2, 0) is 0 Å². The summed E-state index contributed by atoms with van der Waals surface area (Å²) in [6, 6.07) is 7.86. The molecule has 0 aliphatic rings. The molecule has 0 aliphatic carbocycles. The summed E-state index contributed by atoms with van der Waals surface area (Å²) >= 11 is 7.65. The maximum atomic E-state index is 5.94. The maximum Gasteiger partial charge on any atom is 0.183 e. The van der Waals surface area contributed by atoms with Crippen molar-refractivity contribution in [2.24, 2.45) is 0 Å². The van der Waals surface area contributed by atoms with Crippen molar-refractivity contribution in [1.82, 2.24) is 4.98 Å². The van der Waals surface area contributed by atoms with Gasteiger partial charge in [0, 0.05) is 15.5 Å². The average molecular weight is 325 g/mol. The molecule has 0 saturated carbocycles. The van der Waals surface area contributed by atoms with Crippen LogP contribution in [0.3, 0.4) is 0 Å². The molecule has 0 fully saturated rings. The second-order valence-corrected chi connectivity index (χ2v) is 6.70. The van der Waals surface area contributed by atoms with Gasteiger partial charge in [-0.15, -0.1) is 11.3 Å². The van der Waals surface area contributed by atoms with Crippen LogP contribution in [-0.4, -0.2) is 31.2 Å². The first kappa shape index (κ1) is 16.3. The van der Waals surface area contributed by atoms with E-state index in [2.05, 4.69) is 26.1 Å². The number of anilines is 1. The molecule has 0 spiro atoms. The predicted octanol–water partition coefficient (Wildman–Crippen LogP) is 3.11. The highest BCUT2D eigenvalue weighted by Crippen LogP contribution is 2.30. The zero-order chi connectivity index (χ0) is 15.2. The second kappa shape index (κ2) is 7.78. The van der Waals surface area contributed by atoms with Crippen LogP contribution >= 0.6 is 22.9 Å². The fraction of sp³-hybridized carbons (Fsp3) is 0.438. The van der Waals surface area contributed by atoms with Crippen molar-refractivity contribution >= 4 is 28.1 Å². The van der Waals surface area contributed by atoms with E-state index in [1.165, 1.54) is 18.0 Å². The summed E-state index contributed by atoms with van der Waals surface area (Å²) in [6.07, 6.45) is 0. The molecule has 0 radical (unpaired) electrons. The van der Waals surface area contributed by atoms with Crippen molar-refractivity contribution in [2.45, 2.75) is 20.8 Å². The number of hydrogen-bond acceptors (Lipinski definition) is 3. The lowest BCUT2D eigenvalue weighted by molar-refractivity contribution is -0.894. The molecule has 1 aromatic carbocycles. The highest BCUT2D eigenvalue weighted by atomic mass is 35.5. The van der Waals surface area contributed by atoms with Gasteiger partial charge in [-0.3, -0.25) is 0 Å². The van der Waals surface area contributed by atoms with Gasteiger partial charge in [-0.2, -0.15) is 0 Å². The van der Waals surface area contributed by atoms with Gasteiger partial charge in [-0.25, -0.2) is 4.98 Å². The Balaban J connectivity index is 2.00. The van der Waals surface area contributed by atoms with Crippen LogP contribution in [0.2, 0.25) is 5.02 Å². The molecule has 21 heavy (non-hydrogen) atoms. The Morgan fingerprint density at radius 1 is 1.19 bits per heavy atom. The number of aromatic nitrogens is 1.